The molecule has 1 N–H and O–H groups in total. The molecule has 0 aromatic heterocycles. The van der Waals surface area contributed by atoms with Crippen LogP contribution in [0.3, 0.4) is 0 Å². The highest BCUT2D eigenvalue weighted by Crippen LogP contribution is 2.52. The third kappa shape index (κ3) is 2.96. The monoisotopic (exact) mass is 305 g/mol. The van der Waals surface area contributed by atoms with Gasteiger partial charge in [-0.05, 0) is 36.5 Å². The van der Waals surface area contributed by atoms with Gasteiger partial charge in [-0.15, -0.1) is 0 Å². The molecule has 5 nitrogen and oxygen atoms in total. The Morgan fingerprint density at radius 2 is 2.09 bits per heavy atom. The van der Waals surface area contributed by atoms with E-state index in [4.69, 9.17) is 14.6 Å². The molecule has 1 aromatic carbocycles. The van der Waals surface area contributed by atoms with E-state index in [1.165, 1.54) is 5.56 Å². The molecule has 2 atom stereocenters. The molecule has 5 heteroatoms. The quantitative estimate of drug-likeness (QED) is 0.835. The van der Waals surface area contributed by atoms with E-state index in [2.05, 4.69) is 17.0 Å². The second kappa shape index (κ2) is 6.26. The summed E-state index contributed by atoms with van der Waals surface area (Å²) in [6.07, 6.45) is 0. The molecule has 0 spiro atoms. The smallest absolute Gasteiger partial charge is 0.307 e. The van der Waals surface area contributed by atoms with Crippen molar-refractivity contribution in [1.29, 1.82) is 0 Å². The van der Waals surface area contributed by atoms with Gasteiger partial charge in [0.15, 0.2) is 0 Å². The van der Waals surface area contributed by atoms with Gasteiger partial charge in [0.2, 0.25) is 0 Å². The first-order valence-electron chi connectivity index (χ1n) is 7.82. The van der Waals surface area contributed by atoms with Crippen LogP contribution in [0.25, 0.3) is 0 Å². The highest BCUT2D eigenvalue weighted by Gasteiger charge is 2.59. The fourth-order valence-electron chi connectivity index (χ4n) is 3.62. The van der Waals surface area contributed by atoms with Crippen LogP contribution in [0.1, 0.15) is 18.1 Å². The highest BCUT2D eigenvalue weighted by molar-refractivity contribution is 5.74. The first kappa shape index (κ1) is 15.3. The summed E-state index contributed by atoms with van der Waals surface area (Å²) in [6, 6.07) is 6.19. The zero-order valence-electron chi connectivity index (χ0n) is 13.1. The van der Waals surface area contributed by atoms with Crippen LogP contribution >= 0.6 is 0 Å². The van der Waals surface area contributed by atoms with E-state index in [9.17, 15) is 4.79 Å². The number of aliphatic carboxylic acids is 1. The van der Waals surface area contributed by atoms with Gasteiger partial charge in [0, 0.05) is 31.8 Å². The number of carbonyl (C=O) groups is 1. The van der Waals surface area contributed by atoms with Crippen LogP contribution in [0.5, 0.6) is 5.75 Å². The summed E-state index contributed by atoms with van der Waals surface area (Å²) in [5.41, 5.74) is 2.29. The van der Waals surface area contributed by atoms with Crippen molar-refractivity contribution in [1.82, 2.24) is 4.90 Å². The van der Waals surface area contributed by atoms with Crippen molar-refractivity contribution >= 4 is 5.97 Å². The molecule has 2 fully saturated rings. The molecule has 120 valence electrons. The van der Waals surface area contributed by atoms with E-state index in [-0.39, 0.29) is 5.92 Å². The number of methoxy groups -OCH3 is 1. The molecular formula is C17H23NO4. The number of piperidine rings is 1. The summed E-state index contributed by atoms with van der Waals surface area (Å²) in [5.74, 6) is 0.850. The molecule has 1 aliphatic heterocycles. The van der Waals surface area contributed by atoms with E-state index in [0.717, 1.165) is 30.9 Å². The number of likely N-dealkylation sites (tertiary alicyclic amines) is 1. The van der Waals surface area contributed by atoms with Gasteiger partial charge in [-0.2, -0.15) is 0 Å². The molecular weight excluding hydrogens is 282 g/mol. The Balaban J connectivity index is 1.61. The second-order valence-corrected chi connectivity index (χ2v) is 6.17. The van der Waals surface area contributed by atoms with E-state index in [0.29, 0.717) is 25.0 Å². The van der Waals surface area contributed by atoms with Crippen LogP contribution in [0.4, 0.5) is 0 Å². The van der Waals surface area contributed by atoms with Gasteiger partial charge >= 0.3 is 5.97 Å². The van der Waals surface area contributed by atoms with Crippen LogP contribution in [-0.2, 0) is 22.7 Å². The second-order valence-electron chi connectivity index (χ2n) is 6.17. The predicted octanol–water partition coefficient (Wildman–Crippen LogP) is 1.99. The third-order valence-corrected chi connectivity index (χ3v) is 4.77. The maximum absolute atomic E-state index is 11.0. The van der Waals surface area contributed by atoms with Crippen molar-refractivity contribution in [2.45, 2.75) is 20.1 Å². The molecule has 0 radical (unpaired) electrons. The molecule has 1 saturated heterocycles. The number of rotatable bonds is 7. The lowest BCUT2D eigenvalue weighted by Gasteiger charge is -2.19. The standard InChI is InChI=1S/C17H23NO4/c1-3-22-10-12-6-11(4-5-15(12)21-2)7-18-8-13-14(9-18)16(13)17(19)20/h4-6,13-14,16H,3,7-10H2,1-2H3,(H,19,20). The number of nitrogens with zero attached hydrogens (tertiary/aromatic N) is 1. The van der Waals surface area contributed by atoms with Crippen molar-refractivity contribution in [3.63, 3.8) is 0 Å². The van der Waals surface area contributed by atoms with E-state index >= 15 is 0 Å². The van der Waals surface area contributed by atoms with Gasteiger partial charge in [0.25, 0.3) is 0 Å². The minimum absolute atomic E-state index is 0.0966. The van der Waals surface area contributed by atoms with E-state index in [1.807, 2.05) is 13.0 Å². The SMILES string of the molecule is CCOCc1cc(CN2CC3C(C2)C3C(=O)O)ccc1OC. The molecule has 0 amide bonds. The minimum Gasteiger partial charge on any atom is -0.496 e. The molecule has 0 bridgehead atoms. The third-order valence-electron chi connectivity index (χ3n) is 4.77. The summed E-state index contributed by atoms with van der Waals surface area (Å²) in [6.45, 7) is 5.87. The lowest BCUT2D eigenvalue weighted by Crippen LogP contribution is -2.25. The van der Waals surface area contributed by atoms with Crippen LogP contribution < -0.4 is 4.74 Å². The minimum atomic E-state index is -0.627. The zero-order chi connectivity index (χ0) is 15.7. The Hall–Kier alpha value is -1.59. The number of carboxylic acids is 1. The predicted molar refractivity (Wildman–Crippen MR) is 81.7 cm³/mol. The van der Waals surface area contributed by atoms with Crippen LogP contribution in [-0.4, -0.2) is 42.8 Å². The number of carboxylic acid groups (broad SMARTS) is 1. The first-order chi connectivity index (χ1) is 10.6. The molecule has 1 heterocycles. The highest BCUT2D eigenvalue weighted by atomic mass is 16.5. The molecule has 2 aliphatic rings. The average Bonchev–Trinajstić information content (AvgIpc) is 3.03. The summed E-state index contributed by atoms with van der Waals surface area (Å²) >= 11 is 0. The summed E-state index contributed by atoms with van der Waals surface area (Å²) < 4.78 is 10.9. The maximum atomic E-state index is 11.0. The van der Waals surface area contributed by atoms with Crippen LogP contribution in [0.2, 0.25) is 0 Å². The number of benzene rings is 1. The number of ether oxygens (including phenoxy) is 2. The Bertz CT molecular complexity index is 548. The van der Waals surface area contributed by atoms with Gasteiger partial charge in [-0.25, -0.2) is 0 Å². The first-order valence-corrected chi connectivity index (χ1v) is 7.82. The lowest BCUT2D eigenvalue weighted by molar-refractivity contribution is -0.139. The van der Waals surface area contributed by atoms with Crippen LogP contribution in [0, 0.1) is 17.8 Å². The summed E-state index contributed by atoms with van der Waals surface area (Å²) in [7, 11) is 1.67. The molecule has 22 heavy (non-hydrogen) atoms. The van der Waals surface area contributed by atoms with Crippen molar-refractivity contribution < 1.29 is 19.4 Å². The largest absolute Gasteiger partial charge is 0.496 e. The van der Waals surface area contributed by atoms with Crippen molar-refractivity contribution in [3.05, 3.63) is 29.3 Å². The van der Waals surface area contributed by atoms with Gasteiger partial charge in [0.1, 0.15) is 5.75 Å². The fourth-order valence-corrected chi connectivity index (χ4v) is 3.62. The Kier molecular flexibility index (Phi) is 4.36. The lowest BCUT2D eigenvalue weighted by atomic mass is 10.1. The number of fused-ring (bicyclic) bond motifs is 1. The van der Waals surface area contributed by atoms with Crippen molar-refractivity contribution in [2.75, 3.05) is 26.8 Å². The summed E-state index contributed by atoms with van der Waals surface area (Å²) in [5, 5.41) is 9.07. The Labute approximate surface area is 130 Å². The molecule has 1 aliphatic carbocycles. The van der Waals surface area contributed by atoms with Gasteiger partial charge in [-0.1, -0.05) is 6.07 Å². The van der Waals surface area contributed by atoms with E-state index < -0.39 is 5.97 Å². The topological polar surface area (TPSA) is 59.0 Å². The van der Waals surface area contributed by atoms with Gasteiger partial charge < -0.3 is 14.6 Å². The number of hydrogen-bond acceptors (Lipinski definition) is 4. The van der Waals surface area contributed by atoms with Gasteiger partial charge in [0.05, 0.1) is 19.6 Å². The van der Waals surface area contributed by atoms with Crippen molar-refractivity contribution in [2.24, 2.45) is 17.8 Å². The van der Waals surface area contributed by atoms with E-state index in [1.54, 1.807) is 7.11 Å². The molecule has 1 aromatic rings. The molecule has 3 rings (SSSR count). The Morgan fingerprint density at radius 1 is 1.36 bits per heavy atom. The van der Waals surface area contributed by atoms with Gasteiger partial charge in [-0.3, -0.25) is 9.69 Å². The average molecular weight is 305 g/mol. The Morgan fingerprint density at radius 3 is 2.68 bits per heavy atom. The normalized spacial score (nSPS) is 26.7. The fraction of sp³-hybridized carbons (Fsp3) is 0.588. The van der Waals surface area contributed by atoms with Crippen molar-refractivity contribution in [3.8, 4) is 5.75 Å². The molecule has 2 unspecified atom stereocenters. The van der Waals surface area contributed by atoms with Crippen LogP contribution in [0.15, 0.2) is 18.2 Å². The maximum Gasteiger partial charge on any atom is 0.307 e. The molecule has 1 saturated carbocycles. The number of hydrogen-bond donors (Lipinski definition) is 1. The zero-order valence-corrected chi connectivity index (χ0v) is 13.1. The summed E-state index contributed by atoms with van der Waals surface area (Å²) in [4.78, 5) is 13.4.